The molecule has 1 fully saturated rings. The Hall–Kier alpha value is -0.800. The third-order valence-corrected chi connectivity index (χ3v) is 4.19. The zero-order valence-corrected chi connectivity index (χ0v) is 10.4. The van der Waals surface area contributed by atoms with E-state index in [1.165, 1.54) is 12.5 Å². The Morgan fingerprint density at radius 3 is 2.53 bits per heavy atom. The molecule has 0 bridgehead atoms. The second-order valence-electron chi connectivity index (χ2n) is 4.81. The molecule has 0 amide bonds. The topological polar surface area (TPSA) is 46.2 Å². The molecule has 1 saturated carbocycles. The number of aromatic hydroxyl groups is 1. The van der Waals surface area contributed by atoms with Crippen LogP contribution in [0.2, 0.25) is 5.02 Å². The summed E-state index contributed by atoms with van der Waals surface area (Å²) < 4.78 is 14.1. The lowest BCUT2D eigenvalue weighted by atomic mass is 9.69. The van der Waals surface area contributed by atoms with Gasteiger partial charge in [-0.1, -0.05) is 36.9 Å². The number of halogens is 2. The van der Waals surface area contributed by atoms with E-state index < -0.39 is 5.82 Å². The number of hydrogen-bond acceptors (Lipinski definition) is 2. The zero-order chi connectivity index (χ0) is 12.5. The van der Waals surface area contributed by atoms with Gasteiger partial charge in [0.2, 0.25) is 0 Å². The summed E-state index contributed by atoms with van der Waals surface area (Å²) in [6.45, 7) is 0.422. The highest BCUT2D eigenvalue weighted by molar-refractivity contribution is 6.32. The molecule has 94 valence electrons. The summed E-state index contributed by atoms with van der Waals surface area (Å²) in [6.07, 6.45) is 5.09. The summed E-state index contributed by atoms with van der Waals surface area (Å²) in [5, 5.41) is 9.18. The maximum atomic E-state index is 14.1. The Morgan fingerprint density at radius 2 is 1.94 bits per heavy atom. The summed E-state index contributed by atoms with van der Waals surface area (Å²) in [5.74, 6) is -0.727. The summed E-state index contributed by atoms with van der Waals surface area (Å²) >= 11 is 5.76. The molecule has 0 aliphatic heterocycles. The van der Waals surface area contributed by atoms with Gasteiger partial charge in [-0.2, -0.15) is 0 Å². The fraction of sp³-hybridized carbons (Fsp3) is 0.538. The molecule has 0 saturated heterocycles. The Kier molecular flexibility index (Phi) is 3.59. The quantitative estimate of drug-likeness (QED) is 0.854. The molecule has 2 rings (SSSR count). The van der Waals surface area contributed by atoms with Crippen LogP contribution in [0.25, 0.3) is 0 Å². The van der Waals surface area contributed by atoms with Crippen molar-refractivity contribution in [2.45, 2.75) is 37.5 Å². The third kappa shape index (κ3) is 2.14. The van der Waals surface area contributed by atoms with Gasteiger partial charge in [0.15, 0.2) is 0 Å². The highest BCUT2D eigenvalue weighted by Gasteiger charge is 2.35. The molecule has 1 aromatic rings. The summed E-state index contributed by atoms with van der Waals surface area (Å²) in [6, 6.07) is 3.07. The normalized spacial score (nSPS) is 19.2. The van der Waals surface area contributed by atoms with E-state index in [0.717, 1.165) is 25.7 Å². The Labute approximate surface area is 106 Å². The van der Waals surface area contributed by atoms with Gasteiger partial charge in [0.25, 0.3) is 0 Å². The lowest BCUT2D eigenvalue weighted by Gasteiger charge is -2.37. The fourth-order valence-electron chi connectivity index (χ4n) is 2.76. The van der Waals surface area contributed by atoms with E-state index in [0.29, 0.717) is 12.1 Å². The Morgan fingerprint density at radius 1 is 1.29 bits per heavy atom. The van der Waals surface area contributed by atoms with Crippen molar-refractivity contribution in [3.05, 3.63) is 28.5 Å². The molecule has 1 aliphatic carbocycles. The minimum Gasteiger partial charge on any atom is -0.506 e. The Bertz CT molecular complexity index is 416. The fourth-order valence-corrected chi connectivity index (χ4v) is 2.93. The largest absolute Gasteiger partial charge is 0.506 e. The maximum Gasteiger partial charge on any atom is 0.149 e. The van der Waals surface area contributed by atoms with Crippen LogP contribution in [0.15, 0.2) is 12.1 Å². The van der Waals surface area contributed by atoms with Gasteiger partial charge in [-0.3, -0.25) is 0 Å². The minimum atomic E-state index is -0.515. The highest BCUT2D eigenvalue weighted by Crippen LogP contribution is 2.42. The number of phenols is 1. The lowest BCUT2D eigenvalue weighted by molar-refractivity contribution is 0.291. The first-order valence-electron chi connectivity index (χ1n) is 5.98. The summed E-state index contributed by atoms with van der Waals surface area (Å²) in [4.78, 5) is 0. The molecule has 17 heavy (non-hydrogen) atoms. The predicted molar refractivity (Wildman–Crippen MR) is 66.9 cm³/mol. The molecule has 0 unspecified atom stereocenters. The van der Waals surface area contributed by atoms with Crippen molar-refractivity contribution in [3.8, 4) is 5.75 Å². The van der Waals surface area contributed by atoms with Crippen molar-refractivity contribution >= 4 is 11.6 Å². The average molecular weight is 258 g/mol. The van der Waals surface area contributed by atoms with Crippen molar-refractivity contribution in [2.24, 2.45) is 5.73 Å². The molecule has 4 heteroatoms. The van der Waals surface area contributed by atoms with E-state index in [1.807, 2.05) is 0 Å². The first-order chi connectivity index (χ1) is 8.10. The molecule has 0 heterocycles. The van der Waals surface area contributed by atoms with Gasteiger partial charge in [-0.05, 0) is 24.5 Å². The van der Waals surface area contributed by atoms with Gasteiger partial charge in [0.05, 0.1) is 0 Å². The second kappa shape index (κ2) is 4.83. The number of phenolic OH excluding ortho intramolecular Hbond substituents is 1. The van der Waals surface area contributed by atoms with Crippen LogP contribution < -0.4 is 5.73 Å². The van der Waals surface area contributed by atoms with Gasteiger partial charge in [-0.15, -0.1) is 0 Å². The number of hydrogen-bond donors (Lipinski definition) is 2. The van der Waals surface area contributed by atoms with Crippen molar-refractivity contribution in [3.63, 3.8) is 0 Å². The molecule has 0 aromatic heterocycles. The smallest absolute Gasteiger partial charge is 0.149 e. The average Bonchev–Trinajstić information content (AvgIpc) is 2.37. The second-order valence-corrected chi connectivity index (χ2v) is 5.18. The molecule has 0 radical (unpaired) electrons. The van der Waals surface area contributed by atoms with Gasteiger partial charge in [0.1, 0.15) is 16.6 Å². The monoisotopic (exact) mass is 257 g/mol. The van der Waals surface area contributed by atoms with Crippen LogP contribution in [0.3, 0.4) is 0 Å². The minimum absolute atomic E-state index is 0.194. The predicted octanol–water partition coefficient (Wildman–Crippen LogP) is 3.35. The standard InChI is InChI=1S/C13H17ClFNO/c14-11-10(17)5-4-9(12(11)15)13(8-16)6-2-1-3-7-13/h4-5,17H,1-3,6-8,16H2. The number of rotatable bonds is 2. The number of nitrogens with two attached hydrogens (primary N) is 1. The first-order valence-corrected chi connectivity index (χ1v) is 6.36. The molecule has 0 spiro atoms. The van der Waals surface area contributed by atoms with Crippen LogP contribution in [-0.2, 0) is 5.41 Å². The molecular weight excluding hydrogens is 241 g/mol. The van der Waals surface area contributed by atoms with Gasteiger partial charge in [-0.25, -0.2) is 4.39 Å². The zero-order valence-electron chi connectivity index (χ0n) is 9.68. The molecule has 1 aromatic carbocycles. The van der Waals surface area contributed by atoms with Crippen LogP contribution >= 0.6 is 11.6 Å². The van der Waals surface area contributed by atoms with Crippen LogP contribution in [-0.4, -0.2) is 11.7 Å². The molecule has 1 aliphatic rings. The van der Waals surface area contributed by atoms with Gasteiger partial charge in [0, 0.05) is 12.0 Å². The third-order valence-electron chi connectivity index (χ3n) is 3.83. The van der Waals surface area contributed by atoms with Crippen LogP contribution in [0, 0.1) is 5.82 Å². The molecule has 2 nitrogen and oxygen atoms in total. The maximum absolute atomic E-state index is 14.1. The van der Waals surface area contributed by atoms with E-state index in [1.54, 1.807) is 6.07 Å². The van der Waals surface area contributed by atoms with Crippen molar-refractivity contribution in [1.82, 2.24) is 0 Å². The van der Waals surface area contributed by atoms with Crippen LogP contribution in [0.5, 0.6) is 5.75 Å². The van der Waals surface area contributed by atoms with Crippen molar-refractivity contribution in [2.75, 3.05) is 6.54 Å². The van der Waals surface area contributed by atoms with Gasteiger partial charge < -0.3 is 10.8 Å². The molecular formula is C13H17ClFNO. The lowest BCUT2D eigenvalue weighted by Crippen LogP contribution is -2.38. The van der Waals surface area contributed by atoms with Crippen molar-refractivity contribution in [1.29, 1.82) is 0 Å². The SMILES string of the molecule is NCC1(c2ccc(O)c(Cl)c2F)CCCCC1. The van der Waals surface area contributed by atoms with Crippen LogP contribution in [0.4, 0.5) is 4.39 Å². The molecule has 3 N–H and O–H groups in total. The van der Waals surface area contributed by atoms with Crippen molar-refractivity contribution < 1.29 is 9.50 Å². The van der Waals surface area contributed by atoms with E-state index in [2.05, 4.69) is 0 Å². The summed E-state index contributed by atoms with van der Waals surface area (Å²) in [5.41, 5.74) is 6.11. The highest BCUT2D eigenvalue weighted by atomic mass is 35.5. The van der Waals surface area contributed by atoms with E-state index in [4.69, 9.17) is 17.3 Å². The first kappa shape index (κ1) is 12.7. The Balaban J connectivity index is 2.47. The van der Waals surface area contributed by atoms with E-state index in [9.17, 15) is 9.50 Å². The van der Waals surface area contributed by atoms with Gasteiger partial charge >= 0.3 is 0 Å². The molecule has 0 atom stereocenters. The van der Waals surface area contributed by atoms with Crippen LogP contribution in [0.1, 0.15) is 37.7 Å². The summed E-state index contributed by atoms with van der Waals surface area (Å²) in [7, 11) is 0. The number of benzene rings is 1. The van der Waals surface area contributed by atoms with E-state index >= 15 is 0 Å². The van der Waals surface area contributed by atoms with E-state index in [-0.39, 0.29) is 16.2 Å².